The lowest BCUT2D eigenvalue weighted by Crippen LogP contribution is -2.60. The van der Waals surface area contributed by atoms with Crippen molar-refractivity contribution >= 4 is 5.97 Å². The van der Waals surface area contributed by atoms with E-state index in [-0.39, 0.29) is 5.97 Å². The average Bonchev–Trinajstić information content (AvgIpc) is 2.68. The Hall–Kier alpha value is -0.690. The van der Waals surface area contributed by atoms with E-state index >= 15 is 0 Å². The lowest BCUT2D eigenvalue weighted by atomic mass is 9.98. The van der Waals surface area contributed by atoms with Gasteiger partial charge in [0.05, 0.1) is 6.61 Å². The van der Waals surface area contributed by atoms with Gasteiger partial charge in [-0.3, -0.25) is 0 Å². The molecule has 0 aromatic heterocycles. The molecule has 0 unspecified atom stereocenters. The molecule has 0 radical (unpaired) electrons. The van der Waals surface area contributed by atoms with Crippen molar-refractivity contribution in [1.82, 2.24) is 0 Å². The predicted octanol–water partition coefficient (Wildman–Crippen LogP) is 5.27. The maximum absolute atomic E-state index is 12.9. The zero-order valence-corrected chi connectivity index (χ0v) is 21.9. The minimum absolute atomic E-state index is 0.313. The zero-order valence-electron chi connectivity index (χ0n) is 21.9. The van der Waals surface area contributed by atoms with E-state index in [2.05, 4.69) is 55.4 Å². The van der Waals surface area contributed by atoms with Crippen LogP contribution in [-0.2, 0) is 28.5 Å². The van der Waals surface area contributed by atoms with Crippen molar-refractivity contribution in [3.8, 4) is 0 Å². The van der Waals surface area contributed by atoms with Crippen molar-refractivity contribution in [3.05, 3.63) is 0 Å². The summed E-state index contributed by atoms with van der Waals surface area (Å²) in [5.41, 5.74) is 0. The van der Waals surface area contributed by atoms with Gasteiger partial charge in [0.1, 0.15) is 12.2 Å². The molecule has 32 heavy (non-hydrogen) atoms. The molecule has 1 saturated heterocycles. The lowest BCUT2D eigenvalue weighted by molar-refractivity contribution is -0.234. The van der Waals surface area contributed by atoms with E-state index in [9.17, 15) is 4.79 Å². The van der Waals surface area contributed by atoms with Crippen LogP contribution in [0.4, 0.5) is 0 Å². The number of rotatable bonds is 17. The van der Waals surface area contributed by atoms with Crippen LogP contribution in [0.2, 0.25) is 0 Å². The van der Waals surface area contributed by atoms with Crippen molar-refractivity contribution in [1.29, 1.82) is 0 Å². The second-order valence-electron chi connectivity index (χ2n) is 10.7. The Bertz CT molecular complexity index is 491. The third-order valence-electron chi connectivity index (χ3n) is 5.61. The highest BCUT2D eigenvalue weighted by Crippen LogP contribution is 2.27. The van der Waals surface area contributed by atoms with Gasteiger partial charge in [0.25, 0.3) is 0 Å². The second kappa shape index (κ2) is 16.0. The summed E-state index contributed by atoms with van der Waals surface area (Å²) in [7, 11) is 0. The van der Waals surface area contributed by atoms with Gasteiger partial charge >= 0.3 is 5.97 Å². The van der Waals surface area contributed by atoms with Gasteiger partial charge in [-0.1, -0.05) is 55.4 Å². The molecular formula is C26H50O6. The first kappa shape index (κ1) is 29.3. The van der Waals surface area contributed by atoms with Gasteiger partial charge in [-0.25, -0.2) is 4.79 Å². The van der Waals surface area contributed by atoms with Gasteiger partial charge in [-0.05, 0) is 49.4 Å². The SMILES string of the molecule is CC(C)CCOC[C@H]1OC(=O)[C@H](OCCC(C)C)[C@@H](OCCC(C)C)[C@H]1OCCC(C)C. The first-order valence-corrected chi connectivity index (χ1v) is 12.7. The Morgan fingerprint density at radius 2 is 1.09 bits per heavy atom. The number of cyclic esters (lactones) is 1. The number of carbonyl (C=O) groups is 1. The monoisotopic (exact) mass is 458 g/mol. The third kappa shape index (κ3) is 12.0. The molecule has 4 atom stereocenters. The van der Waals surface area contributed by atoms with Gasteiger partial charge in [0.15, 0.2) is 12.2 Å². The Morgan fingerprint density at radius 3 is 1.59 bits per heavy atom. The molecule has 190 valence electrons. The molecule has 1 heterocycles. The van der Waals surface area contributed by atoms with Crippen molar-refractivity contribution in [2.24, 2.45) is 23.7 Å². The molecule has 6 heteroatoms. The molecular weight excluding hydrogens is 408 g/mol. The third-order valence-corrected chi connectivity index (χ3v) is 5.61. The summed E-state index contributed by atoms with van der Waals surface area (Å²) >= 11 is 0. The quantitative estimate of drug-likeness (QED) is 0.219. The average molecular weight is 459 g/mol. The number of esters is 1. The van der Waals surface area contributed by atoms with E-state index in [1.807, 2.05) is 0 Å². The first-order chi connectivity index (χ1) is 15.1. The fourth-order valence-corrected chi connectivity index (χ4v) is 3.31. The highest BCUT2D eigenvalue weighted by molar-refractivity contribution is 5.77. The molecule has 0 N–H and O–H groups in total. The summed E-state index contributed by atoms with van der Waals surface area (Å²) < 4.78 is 30.3. The van der Waals surface area contributed by atoms with Gasteiger partial charge in [0, 0.05) is 26.4 Å². The standard InChI is InChI=1S/C26H50O6/c1-18(2)9-13-28-17-22-23(29-14-10-19(3)4)24(30-15-11-20(5)6)25(26(27)32-22)31-16-12-21(7)8/h18-25H,9-17H2,1-8H3/t22-,23+,24+,25-/m1/s1. The molecule has 6 nitrogen and oxygen atoms in total. The normalized spacial score (nSPS) is 24.2. The Morgan fingerprint density at radius 1 is 0.656 bits per heavy atom. The number of carbonyl (C=O) groups excluding carboxylic acids is 1. The van der Waals surface area contributed by atoms with Crippen LogP contribution >= 0.6 is 0 Å². The van der Waals surface area contributed by atoms with E-state index in [0.29, 0.717) is 56.7 Å². The highest BCUT2D eigenvalue weighted by Gasteiger charge is 2.48. The molecule has 1 aliphatic heterocycles. The Kier molecular flexibility index (Phi) is 14.7. The van der Waals surface area contributed by atoms with Gasteiger partial charge < -0.3 is 23.7 Å². The number of hydrogen-bond donors (Lipinski definition) is 0. The second-order valence-corrected chi connectivity index (χ2v) is 10.7. The van der Waals surface area contributed by atoms with Crippen LogP contribution in [-0.4, -0.2) is 63.4 Å². The summed E-state index contributed by atoms with van der Waals surface area (Å²) in [6, 6.07) is 0. The number of hydrogen-bond acceptors (Lipinski definition) is 6. The minimum Gasteiger partial charge on any atom is -0.455 e. The molecule has 1 fully saturated rings. The van der Waals surface area contributed by atoms with Gasteiger partial charge in [-0.15, -0.1) is 0 Å². The van der Waals surface area contributed by atoms with E-state index in [0.717, 1.165) is 25.7 Å². The molecule has 0 bridgehead atoms. The van der Waals surface area contributed by atoms with Crippen molar-refractivity contribution in [2.75, 3.05) is 33.0 Å². The summed E-state index contributed by atoms with van der Waals surface area (Å²) in [6.45, 7) is 19.9. The molecule has 0 aliphatic carbocycles. The Balaban J connectivity index is 2.94. The van der Waals surface area contributed by atoms with E-state index in [1.54, 1.807) is 0 Å². The largest absolute Gasteiger partial charge is 0.455 e. The molecule has 0 aromatic rings. The number of ether oxygens (including phenoxy) is 5. The predicted molar refractivity (Wildman–Crippen MR) is 128 cm³/mol. The topological polar surface area (TPSA) is 63.2 Å². The Labute approximate surface area is 197 Å². The fraction of sp³-hybridized carbons (Fsp3) is 0.962. The van der Waals surface area contributed by atoms with E-state index in [4.69, 9.17) is 23.7 Å². The highest BCUT2D eigenvalue weighted by atomic mass is 16.6. The molecule has 1 aliphatic rings. The lowest BCUT2D eigenvalue weighted by Gasteiger charge is -2.41. The van der Waals surface area contributed by atoms with Crippen molar-refractivity contribution in [3.63, 3.8) is 0 Å². The van der Waals surface area contributed by atoms with Gasteiger partial charge in [0.2, 0.25) is 0 Å². The van der Waals surface area contributed by atoms with Crippen LogP contribution in [0.15, 0.2) is 0 Å². The molecule has 0 spiro atoms. The van der Waals surface area contributed by atoms with E-state index in [1.165, 1.54) is 0 Å². The van der Waals surface area contributed by atoms with E-state index < -0.39 is 24.4 Å². The molecule has 0 saturated carbocycles. The van der Waals surface area contributed by atoms with Crippen LogP contribution in [0.1, 0.15) is 81.1 Å². The molecule has 1 rings (SSSR count). The van der Waals surface area contributed by atoms with Crippen LogP contribution < -0.4 is 0 Å². The van der Waals surface area contributed by atoms with Crippen LogP contribution in [0.3, 0.4) is 0 Å². The fourth-order valence-electron chi connectivity index (χ4n) is 3.31. The van der Waals surface area contributed by atoms with Crippen LogP contribution in [0.25, 0.3) is 0 Å². The summed E-state index contributed by atoms with van der Waals surface area (Å²) in [4.78, 5) is 12.9. The molecule has 0 aromatic carbocycles. The van der Waals surface area contributed by atoms with Crippen molar-refractivity contribution in [2.45, 2.75) is 105 Å². The summed E-state index contributed by atoms with van der Waals surface area (Å²) in [5, 5.41) is 0. The van der Waals surface area contributed by atoms with Crippen LogP contribution in [0, 0.1) is 23.7 Å². The summed E-state index contributed by atoms with van der Waals surface area (Å²) in [6.07, 6.45) is 1.54. The van der Waals surface area contributed by atoms with Crippen molar-refractivity contribution < 1.29 is 28.5 Å². The zero-order chi connectivity index (χ0) is 24.1. The van der Waals surface area contributed by atoms with Crippen LogP contribution in [0.5, 0.6) is 0 Å². The van der Waals surface area contributed by atoms with Gasteiger partial charge in [-0.2, -0.15) is 0 Å². The maximum atomic E-state index is 12.9. The minimum atomic E-state index is -0.767. The molecule has 0 amide bonds. The first-order valence-electron chi connectivity index (χ1n) is 12.7. The smallest absolute Gasteiger partial charge is 0.338 e. The summed E-state index contributed by atoms with van der Waals surface area (Å²) in [5.74, 6) is 1.73. The maximum Gasteiger partial charge on any atom is 0.338 e.